The van der Waals surface area contributed by atoms with Gasteiger partial charge in [-0.3, -0.25) is 0 Å². The van der Waals surface area contributed by atoms with Crippen molar-refractivity contribution in [3.8, 4) is 11.5 Å². The Bertz CT molecular complexity index is 473. The molecule has 2 aromatic rings. The fourth-order valence-electron chi connectivity index (χ4n) is 1.80. The Hall–Kier alpha value is -1.83. The average Bonchev–Trinajstić information content (AvgIpc) is 2.41. The van der Waals surface area contributed by atoms with Gasteiger partial charge in [-0.2, -0.15) is 0 Å². The molecule has 0 unspecified atom stereocenters. The van der Waals surface area contributed by atoms with Gasteiger partial charge in [-0.25, -0.2) is 4.57 Å². The van der Waals surface area contributed by atoms with Gasteiger partial charge in [0.15, 0.2) is 12.4 Å². The van der Waals surface area contributed by atoms with Crippen molar-refractivity contribution in [1.29, 1.82) is 0 Å². The van der Waals surface area contributed by atoms with Crippen LogP contribution < -0.4 is 9.30 Å². The van der Waals surface area contributed by atoms with E-state index in [1.807, 2.05) is 48.3 Å². The molecule has 0 radical (unpaired) electrons. The Labute approximate surface area is 109 Å². The van der Waals surface area contributed by atoms with Gasteiger partial charge in [-0.1, -0.05) is 25.5 Å². The topological polar surface area (TPSA) is 13.1 Å². The van der Waals surface area contributed by atoms with Gasteiger partial charge in [-0.15, -0.1) is 0 Å². The van der Waals surface area contributed by atoms with Gasteiger partial charge in [-0.05, 0) is 30.5 Å². The second kappa shape index (κ2) is 6.20. The van der Waals surface area contributed by atoms with Gasteiger partial charge in [0.1, 0.15) is 18.5 Å². The predicted octanol–water partition coefficient (Wildman–Crippen LogP) is 3.65. The molecule has 2 nitrogen and oxygen atoms in total. The normalized spacial score (nSPS) is 10.3. The van der Waals surface area contributed by atoms with Crippen LogP contribution in [-0.4, -0.2) is 0 Å². The Morgan fingerprint density at radius 1 is 0.944 bits per heavy atom. The van der Waals surface area contributed by atoms with E-state index in [1.54, 1.807) is 0 Å². The molecule has 2 rings (SSSR count). The monoisotopic (exact) mass is 242 g/mol. The molecule has 0 fully saturated rings. The first-order valence-corrected chi connectivity index (χ1v) is 6.50. The van der Waals surface area contributed by atoms with Crippen LogP contribution in [0.15, 0.2) is 48.8 Å². The lowest BCUT2D eigenvalue weighted by Gasteiger charge is -2.06. The van der Waals surface area contributed by atoms with Gasteiger partial charge in [0.2, 0.25) is 0 Å². The van der Waals surface area contributed by atoms with E-state index in [0.717, 1.165) is 17.9 Å². The van der Waals surface area contributed by atoms with Gasteiger partial charge < -0.3 is 4.74 Å². The van der Waals surface area contributed by atoms with E-state index in [1.165, 1.54) is 18.4 Å². The van der Waals surface area contributed by atoms with Crippen molar-refractivity contribution in [2.45, 2.75) is 26.2 Å². The molecule has 0 aliphatic heterocycles. The molecule has 0 spiro atoms. The summed E-state index contributed by atoms with van der Waals surface area (Å²) in [5.41, 5.74) is 1.38. The number of aryl methyl sites for hydroxylation is 2. The van der Waals surface area contributed by atoms with Crippen molar-refractivity contribution in [2.75, 3.05) is 0 Å². The summed E-state index contributed by atoms with van der Waals surface area (Å²) in [5.74, 6) is 1.76. The summed E-state index contributed by atoms with van der Waals surface area (Å²) in [4.78, 5) is 0. The average molecular weight is 242 g/mol. The van der Waals surface area contributed by atoms with Crippen LogP contribution in [0.3, 0.4) is 0 Å². The number of hydrogen-bond donors (Lipinski definition) is 0. The molecule has 0 saturated carbocycles. The molecular weight excluding hydrogens is 222 g/mol. The first kappa shape index (κ1) is 12.6. The molecule has 1 aromatic carbocycles. The van der Waals surface area contributed by atoms with Crippen LogP contribution in [0, 0.1) is 0 Å². The van der Waals surface area contributed by atoms with Gasteiger partial charge >= 0.3 is 0 Å². The number of hydrogen-bond acceptors (Lipinski definition) is 1. The molecule has 1 heterocycles. The molecule has 0 aliphatic carbocycles. The smallest absolute Gasteiger partial charge is 0.172 e. The number of nitrogens with zero attached hydrogens (tertiary/aromatic N) is 1. The summed E-state index contributed by atoms with van der Waals surface area (Å²) in [5, 5.41) is 0. The summed E-state index contributed by atoms with van der Waals surface area (Å²) < 4.78 is 7.77. The highest BCUT2D eigenvalue weighted by Crippen LogP contribution is 2.20. The van der Waals surface area contributed by atoms with E-state index in [9.17, 15) is 0 Å². The van der Waals surface area contributed by atoms with Crippen molar-refractivity contribution in [1.82, 2.24) is 0 Å². The Kier molecular flexibility index (Phi) is 4.35. The summed E-state index contributed by atoms with van der Waals surface area (Å²) in [7, 11) is 1.99. The summed E-state index contributed by atoms with van der Waals surface area (Å²) in [6.45, 7) is 2.22. The minimum absolute atomic E-state index is 0.870. The van der Waals surface area contributed by atoms with Gasteiger partial charge in [0, 0.05) is 12.1 Å². The fraction of sp³-hybridized carbons (Fsp3) is 0.312. The molecule has 0 atom stereocenters. The van der Waals surface area contributed by atoms with Crippen LogP contribution in [0.25, 0.3) is 0 Å². The molecule has 0 N–H and O–H groups in total. The standard InChI is InChI=1S/C16H20NO/c1-3-4-5-14-6-8-15(9-7-14)18-16-10-12-17(2)13-11-16/h6-13H,3-5H2,1-2H3/q+1. The van der Waals surface area contributed by atoms with E-state index in [2.05, 4.69) is 19.1 Å². The van der Waals surface area contributed by atoms with Crippen LogP contribution in [0.4, 0.5) is 0 Å². The summed E-state index contributed by atoms with van der Waals surface area (Å²) >= 11 is 0. The van der Waals surface area contributed by atoms with E-state index < -0.39 is 0 Å². The number of benzene rings is 1. The second-order valence-electron chi connectivity index (χ2n) is 4.55. The molecule has 0 bridgehead atoms. The highest BCUT2D eigenvalue weighted by molar-refractivity contribution is 5.31. The molecule has 2 heteroatoms. The third-order valence-corrected chi connectivity index (χ3v) is 2.93. The number of rotatable bonds is 5. The second-order valence-corrected chi connectivity index (χ2v) is 4.55. The maximum atomic E-state index is 5.78. The van der Waals surface area contributed by atoms with Crippen LogP contribution in [0.2, 0.25) is 0 Å². The van der Waals surface area contributed by atoms with Crippen molar-refractivity contribution in [3.63, 3.8) is 0 Å². The maximum absolute atomic E-state index is 5.78. The Morgan fingerprint density at radius 2 is 1.56 bits per heavy atom. The van der Waals surface area contributed by atoms with E-state index in [0.29, 0.717) is 0 Å². The minimum Gasteiger partial charge on any atom is -0.457 e. The number of ether oxygens (including phenoxy) is 1. The van der Waals surface area contributed by atoms with Crippen molar-refractivity contribution in [3.05, 3.63) is 54.4 Å². The number of unbranched alkanes of at least 4 members (excludes halogenated alkanes) is 1. The quantitative estimate of drug-likeness (QED) is 0.729. The maximum Gasteiger partial charge on any atom is 0.172 e. The molecule has 94 valence electrons. The molecule has 0 aliphatic rings. The highest BCUT2D eigenvalue weighted by atomic mass is 16.5. The first-order valence-electron chi connectivity index (χ1n) is 6.50. The van der Waals surface area contributed by atoms with Crippen molar-refractivity contribution >= 4 is 0 Å². The minimum atomic E-state index is 0.870. The number of pyridine rings is 1. The summed E-state index contributed by atoms with van der Waals surface area (Å²) in [6, 6.07) is 12.3. The lowest BCUT2D eigenvalue weighted by molar-refractivity contribution is -0.671. The van der Waals surface area contributed by atoms with Gasteiger partial charge in [0.05, 0.1) is 0 Å². The zero-order valence-electron chi connectivity index (χ0n) is 11.1. The van der Waals surface area contributed by atoms with Crippen molar-refractivity contribution in [2.24, 2.45) is 7.05 Å². The van der Waals surface area contributed by atoms with Crippen LogP contribution >= 0.6 is 0 Å². The molecule has 18 heavy (non-hydrogen) atoms. The van der Waals surface area contributed by atoms with Gasteiger partial charge in [0.25, 0.3) is 0 Å². The third kappa shape index (κ3) is 3.59. The molecule has 0 saturated heterocycles. The molecular formula is C16H20NO+. The molecule has 0 amide bonds. The van der Waals surface area contributed by atoms with E-state index in [4.69, 9.17) is 4.74 Å². The number of aromatic nitrogens is 1. The zero-order valence-corrected chi connectivity index (χ0v) is 11.1. The predicted molar refractivity (Wildman–Crippen MR) is 72.7 cm³/mol. The third-order valence-electron chi connectivity index (χ3n) is 2.93. The zero-order chi connectivity index (χ0) is 12.8. The van der Waals surface area contributed by atoms with E-state index in [-0.39, 0.29) is 0 Å². The van der Waals surface area contributed by atoms with Crippen molar-refractivity contribution < 1.29 is 9.30 Å². The SMILES string of the molecule is CCCCc1ccc(Oc2cc[n+](C)cc2)cc1. The van der Waals surface area contributed by atoms with Crippen LogP contribution in [0.5, 0.6) is 11.5 Å². The van der Waals surface area contributed by atoms with E-state index >= 15 is 0 Å². The lowest BCUT2D eigenvalue weighted by Crippen LogP contribution is -2.25. The Balaban J connectivity index is 1.99. The molecule has 1 aromatic heterocycles. The van der Waals surface area contributed by atoms with Crippen LogP contribution in [0.1, 0.15) is 25.3 Å². The van der Waals surface area contributed by atoms with Crippen LogP contribution in [-0.2, 0) is 13.5 Å². The first-order chi connectivity index (χ1) is 8.78. The lowest BCUT2D eigenvalue weighted by atomic mass is 10.1. The fourth-order valence-corrected chi connectivity index (χ4v) is 1.80. The largest absolute Gasteiger partial charge is 0.457 e. The Morgan fingerprint density at radius 3 is 2.17 bits per heavy atom. The highest BCUT2D eigenvalue weighted by Gasteiger charge is 2.00. The summed E-state index contributed by atoms with van der Waals surface area (Å²) in [6.07, 6.45) is 7.59.